The number of aliphatic hydroxyl groups is 1. The van der Waals surface area contributed by atoms with E-state index in [0.717, 1.165) is 4.88 Å². The van der Waals surface area contributed by atoms with Crippen LogP contribution >= 0.6 is 11.3 Å². The molecule has 2 atom stereocenters. The zero-order chi connectivity index (χ0) is 11.3. The van der Waals surface area contributed by atoms with Crippen LogP contribution < -0.4 is 11.1 Å². The largest absolute Gasteiger partial charge is 0.396 e. The van der Waals surface area contributed by atoms with Crippen molar-refractivity contribution in [3.63, 3.8) is 0 Å². The second kappa shape index (κ2) is 5.85. The predicted octanol–water partition coefficient (Wildman–Crippen LogP) is 0.493. The van der Waals surface area contributed by atoms with E-state index in [1.165, 1.54) is 11.3 Å². The molecule has 0 radical (unpaired) electrons. The molecule has 1 amide bonds. The van der Waals surface area contributed by atoms with Crippen molar-refractivity contribution < 1.29 is 9.90 Å². The van der Waals surface area contributed by atoms with E-state index in [1.807, 2.05) is 24.4 Å². The zero-order valence-electron chi connectivity index (χ0n) is 8.64. The number of nitrogens with two attached hydrogens (primary N) is 1. The lowest BCUT2D eigenvalue weighted by Crippen LogP contribution is -2.36. The normalized spacial score (nSPS) is 14.6. The van der Waals surface area contributed by atoms with Crippen LogP contribution in [0.4, 0.5) is 0 Å². The van der Waals surface area contributed by atoms with Crippen molar-refractivity contribution in [3.05, 3.63) is 22.4 Å². The summed E-state index contributed by atoms with van der Waals surface area (Å²) in [5.41, 5.74) is 5.75. The van der Waals surface area contributed by atoms with Gasteiger partial charge >= 0.3 is 0 Å². The maximum absolute atomic E-state index is 11.6. The molecule has 5 heteroatoms. The van der Waals surface area contributed by atoms with E-state index >= 15 is 0 Å². The van der Waals surface area contributed by atoms with Crippen LogP contribution in [-0.4, -0.2) is 24.2 Å². The topological polar surface area (TPSA) is 75.3 Å². The lowest BCUT2D eigenvalue weighted by molar-refractivity contribution is -0.122. The molecule has 0 spiro atoms. The number of carbonyl (C=O) groups excluding carboxylic acids is 1. The van der Waals surface area contributed by atoms with Crippen LogP contribution in [0.5, 0.6) is 0 Å². The van der Waals surface area contributed by atoms with Crippen molar-refractivity contribution in [2.75, 3.05) is 13.2 Å². The first kappa shape index (κ1) is 12.2. The summed E-state index contributed by atoms with van der Waals surface area (Å²) in [5.74, 6) is -0.137. The molecule has 0 aliphatic heterocycles. The van der Waals surface area contributed by atoms with E-state index in [0.29, 0.717) is 6.54 Å². The molecule has 0 aliphatic carbocycles. The minimum absolute atomic E-state index is 0.0597. The third-order valence-corrected chi connectivity index (χ3v) is 3.02. The number of aliphatic hydroxyl groups excluding tert-OH is 1. The monoisotopic (exact) mass is 228 g/mol. The lowest BCUT2D eigenvalue weighted by Gasteiger charge is -2.13. The first-order valence-electron chi connectivity index (χ1n) is 4.82. The van der Waals surface area contributed by atoms with Gasteiger partial charge < -0.3 is 16.2 Å². The minimum Gasteiger partial charge on any atom is -0.396 e. The van der Waals surface area contributed by atoms with Crippen LogP contribution in [0.1, 0.15) is 17.8 Å². The highest BCUT2D eigenvalue weighted by atomic mass is 32.1. The Hall–Kier alpha value is -0.910. The number of nitrogens with one attached hydrogen (secondary N) is 1. The molecule has 1 aromatic heterocycles. The fourth-order valence-corrected chi connectivity index (χ4v) is 1.77. The zero-order valence-corrected chi connectivity index (χ0v) is 9.46. The summed E-state index contributed by atoms with van der Waals surface area (Å²) in [4.78, 5) is 12.4. The Morgan fingerprint density at radius 1 is 1.73 bits per heavy atom. The van der Waals surface area contributed by atoms with Crippen molar-refractivity contribution >= 4 is 17.2 Å². The second-order valence-electron chi connectivity index (χ2n) is 3.53. The quantitative estimate of drug-likeness (QED) is 0.686. The Labute approximate surface area is 93.1 Å². The van der Waals surface area contributed by atoms with E-state index in [1.54, 1.807) is 0 Å². The molecule has 4 nitrogen and oxygen atoms in total. The summed E-state index contributed by atoms with van der Waals surface area (Å²) in [6.07, 6.45) is 0. The van der Waals surface area contributed by atoms with E-state index in [2.05, 4.69) is 5.32 Å². The number of carbonyl (C=O) groups is 1. The molecule has 2 unspecified atom stereocenters. The van der Waals surface area contributed by atoms with Gasteiger partial charge in [0.25, 0.3) is 0 Å². The molecule has 0 saturated carbocycles. The van der Waals surface area contributed by atoms with Gasteiger partial charge in [-0.25, -0.2) is 0 Å². The van der Waals surface area contributed by atoms with E-state index in [9.17, 15) is 4.79 Å². The summed E-state index contributed by atoms with van der Waals surface area (Å²) in [7, 11) is 0. The summed E-state index contributed by atoms with van der Waals surface area (Å²) in [6.45, 7) is 2.37. The molecule has 84 valence electrons. The molecular weight excluding hydrogens is 212 g/mol. The fourth-order valence-electron chi connectivity index (χ4n) is 1.05. The van der Waals surface area contributed by atoms with Crippen molar-refractivity contribution in [2.45, 2.75) is 13.0 Å². The van der Waals surface area contributed by atoms with Gasteiger partial charge in [0.05, 0.1) is 0 Å². The standard InChI is InChI=1S/C10H16N2O2S/c1-7(6-13)5-12-10(14)9(11)8-3-2-4-15-8/h2-4,7,9,13H,5-6,11H2,1H3,(H,12,14). The average molecular weight is 228 g/mol. The molecule has 15 heavy (non-hydrogen) atoms. The van der Waals surface area contributed by atoms with Gasteiger partial charge in [0.15, 0.2) is 0 Å². The van der Waals surface area contributed by atoms with E-state index in [-0.39, 0.29) is 18.4 Å². The summed E-state index contributed by atoms with van der Waals surface area (Å²) in [6, 6.07) is 3.10. The van der Waals surface area contributed by atoms with Gasteiger partial charge in [-0.15, -0.1) is 11.3 Å². The van der Waals surface area contributed by atoms with Crippen LogP contribution in [0.15, 0.2) is 17.5 Å². The maximum Gasteiger partial charge on any atom is 0.242 e. The Balaban J connectivity index is 2.41. The number of rotatable bonds is 5. The highest BCUT2D eigenvalue weighted by Gasteiger charge is 2.16. The van der Waals surface area contributed by atoms with Crippen molar-refractivity contribution in [3.8, 4) is 0 Å². The first-order chi connectivity index (χ1) is 7.15. The average Bonchev–Trinajstić information content (AvgIpc) is 2.77. The number of amides is 1. The van der Waals surface area contributed by atoms with E-state index < -0.39 is 6.04 Å². The Morgan fingerprint density at radius 3 is 3.00 bits per heavy atom. The Morgan fingerprint density at radius 2 is 2.47 bits per heavy atom. The van der Waals surface area contributed by atoms with Crippen LogP contribution in [0, 0.1) is 5.92 Å². The van der Waals surface area contributed by atoms with Gasteiger partial charge in [-0.3, -0.25) is 4.79 Å². The van der Waals surface area contributed by atoms with Crippen LogP contribution in [-0.2, 0) is 4.79 Å². The third-order valence-electron chi connectivity index (χ3n) is 2.07. The third kappa shape index (κ3) is 3.62. The van der Waals surface area contributed by atoms with Crippen LogP contribution in [0.25, 0.3) is 0 Å². The molecule has 0 aliphatic rings. The molecule has 0 saturated heterocycles. The summed E-state index contributed by atoms with van der Waals surface area (Å²) < 4.78 is 0. The molecule has 0 fully saturated rings. The van der Waals surface area contributed by atoms with Crippen LogP contribution in [0.3, 0.4) is 0 Å². The predicted molar refractivity (Wildman–Crippen MR) is 60.5 cm³/mol. The smallest absolute Gasteiger partial charge is 0.242 e. The van der Waals surface area contributed by atoms with Gasteiger partial charge in [0.2, 0.25) is 5.91 Å². The number of hydrogen-bond acceptors (Lipinski definition) is 4. The lowest BCUT2D eigenvalue weighted by atomic mass is 10.2. The van der Waals surface area contributed by atoms with Crippen molar-refractivity contribution in [1.82, 2.24) is 5.32 Å². The van der Waals surface area contributed by atoms with E-state index in [4.69, 9.17) is 10.8 Å². The Kier molecular flexibility index (Phi) is 4.74. The molecule has 0 bridgehead atoms. The van der Waals surface area contributed by atoms with Crippen molar-refractivity contribution in [1.29, 1.82) is 0 Å². The van der Waals surface area contributed by atoms with Crippen molar-refractivity contribution in [2.24, 2.45) is 11.7 Å². The Bertz CT molecular complexity index is 300. The minimum atomic E-state index is -0.601. The van der Waals surface area contributed by atoms with Gasteiger partial charge in [0, 0.05) is 18.0 Å². The van der Waals surface area contributed by atoms with Crippen LogP contribution in [0.2, 0.25) is 0 Å². The summed E-state index contributed by atoms with van der Waals surface area (Å²) in [5, 5.41) is 13.4. The molecule has 1 aromatic rings. The second-order valence-corrected chi connectivity index (χ2v) is 4.51. The molecular formula is C10H16N2O2S. The number of thiophene rings is 1. The van der Waals surface area contributed by atoms with Gasteiger partial charge in [-0.05, 0) is 17.4 Å². The van der Waals surface area contributed by atoms with Gasteiger partial charge in [0.1, 0.15) is 6.04 Å². The first-order valence-corrected chi connectivity index (χ1v) is 5.70. The molecule has 1 rings (SSSR count). The maximum atomic E-state index is 11.6. The molecule has 1 heterocycles. The SMILES string of the molecule is CC(CO)CNC(=O)C(N)c1cccs1. The fraction of sp³-hybridized carbons (Fsp3) is 0.500. The molecule has 0 aromatic carbocycles. The van der Waals surface area contributed by atoms with Gasteiger partial charge in [-0.2, -0.15) is 0 Å². The molecule has 4 N–H and O–H groups in total. The summed E-state index contributed by atoms with van der Waals surface area (Å²) >= 11 is 1.46. The highest BCUT2D eigenvalue weighted by Crippen LogP contribution is 2.16. The number of hydrogen-bond donors (Lipinski definition) is 3. The highest BCUT2D eigenvalue weighted by molar-refractivity contribution is 7.10. The van der Waals surface area contributed by atoms with Gasteiger partial charge in [-0.1, -0.05) is 13.0 Å².